The molecule has 0 spiro atoms. The number of anilines is 1. The van der Waals surface area contributed by atoms with Gasteiger partial charge in [-0.2, -0.15) is 4.31 Å². The van der Waals surface area contributed by atoms with Crippen molar-refractivity contribution in [3.05, 3.63) is 58.1 Å². The van der Waals surface area contributed by atoms with Gasteiger partial charge in [0, 0.05) is 23.7 Å². The van der Waals surface area contributed by atoms with Gasteiger partial charge in [-0.1, -0.05) is 29.3 Å². The molecule has 0 atom stereocenters. The molecule has 0 bridgehead atoms. The van der Waals surface area contributed by atoms with Crippen LogP contribution in [-0.2, 0) is 10.0 Å². The highest BCUT2D eigenvalue weighted by Crippen LogP contribution is 2.26. The van der Waals surface area contributed by atoms with Crippen molar-refractivity contribution in [2.24, 2.45) is 0 Å². The van der Waals surface area contributed by atoms with E-state index in [1.165, 1.54) is 41.7 Å². The molecular weight excluding hydrogens is 383 g/mol. The number of carbonyl (C=O) groups is 1. The lowest BCUT2D eigenvalue weighted by molar-refractivity contribution is 0.102. The van der Waals surface area contributed by atoms with Crippen molar-refractivity contribution >= 4 is 44.8 Å². The van der Waals surface area contributed by atoms with Crippen molar-refractivity contribution in [2.45, 2.75) is 24.8 Å². The summed E-state index contributed by atoms with van der Waals surface area (Å²) in [6.45, 7) is 3.55. The fourth-order valence-corrected chi connectivity index (χ4v) is 3.78. The molecule has 0 saturated carbocycles. The third kappa shape index (κ3) is 4.52. The number of nitrogens with zero attached hydrogens (tertiary/aromatic N) is 1. The van der Waals surface area contributed by atoms with Gasteiger partial charge in [-0.05, 0) is 50.2 Å². The van der Waals surface area contributed by atoms with Gasteiger partial charge in [0.05, 0.1) is 15.6 Å². The fraction of sp³-hybridized carbons (Fsp3) is 0.235. The maximum atomic E-state index is 12.6. The second-order valence-electron chi connectivity index (χ2n) is 5.72. The summed E-state index contributed by atoms with van der Waals surface area (Å²) in [5.74, 6) is -0.478. The summed E-state index contributed by atoms with van der Waals surface area (Å²) in [7, 11) is -2.18. The molecule has 0 unspecified atom stereocenters. The van der Waals surface area contributed by atoms with Crippen LogP contribution in [0.3, 0.4) is 0 Å². The Labute approximate surface area is 157 Å². The summed E-state index contributed by atoms with van der Waals surface area (Å²) >= 11 is 11.9. The van der Waals surface area contributed by atoms with Crippen molar-refractivity contribution in [1.82, 2.24) is 4.31 Å². The van der Waals surface area contributed by atoms with Gasteiger partial charge >= 0.3 is 0 Å². The van der Waals surface area contributed by atoms with Crippen molar-refractivity contribution in [3.63, 3.8) is 0 Å². The lowest BCUT2D eigenvalue weighted by atomic mass is 10.2. The van der Waals surface area contributed by atoms with E-state index in [9.17, 15) is 13.2 Å². The van der Waals surface area contributed by atoms with Crippen LogP contribution in [0, 0.1) is 0 Å². The van der Waals surface area contributed by atoms with Crippen LogP contribution in [0.15, 0.2) is 47.4 Å². The normalized spacial score (nSPS) is 11.8. The number of halogens is 2. The maximum absolute atomic E-state index is 12.6. The molecule has 0 heterocycles. The zero-order chi connectivity index (χ0) is 18.8. The number of hydrogen-bond acceptors (Lipinski definition) is 3. The first kappa shape index (κ1) is 19.7. The Hall–Kier alpha value is -1.60. The predicted octanol–water partition coefficient (Wildman–Crippen LogP) is 4.27. The quantitative estimate of drug-likeness (QED) is 0.814. The molecule has 25 heavy (non-hydrogen) atoms. The van der Waals surface area contributed by atoms with E-state index >= 15 is 0 Å². The molecule has 0 saturated heterocycles. The number of nitrogens with one attached hydrogen (secondary N) is 1. The molecule has 1 amide bonds. The van der Waals surface area contributed by atoms with Crippen molar-refractivity contribution in [1.29, 1.82) is 0 Å². The van der Waals surface area contributed by atoms with E-state index in [1.54, 1.807) is 26.0 Å². The highest BCUT2D eigenvalue weighted by atomic mass is 35.5. The van der Waals surface area contributed by atoms with Gasteiger partial charge in [-0.25, -0.2) is 8.42 Å². The van der Waals surface area contributed by atoms with E-state index in [0.717, 1.165) is 0 Å². The molecule has 134 valence electrons. The lowest BCUT2D eigenvalue weighted by Gasteiger charge is -2.21. The molecule has 5 nitrogen and oxygen atoms in total. The smallest absolute Gasteiger partial charge is 0.255 e. The molecule has 0 aromatic heterocycles. The molecule has 1 N–H and O–H groups in total. The van der Waals surface area contributed by atoms with Crippen LogP contribution < -0.4 is 5.32 Å². The highest BCUT2D eigenvalue weighted by Gasteiger charge is 2.24. The zero-order valence-electron chi connectivity index (χ0n) is 14.0. The van der Waals surface area contributed by atoms with Gasteiger partial charge in [0.15, 0.2) is 0 Å². The number of sulfonamides is 1. The monoisotopic (exact) mass is 400 g/mol. The summed E-state index contributed by atoms with van der Waals surface area (Å²) < 4.78 is 26.4. The maximum Gasteiger partial charge on any atom is 0.255 e. The van der Waals surface area contributed by atoms with Gasteiger partial charge in [0.25, 0.3) is 5.91 Å². The van der Waals surface area contributed by atoms with E-state index in [2.05, 4.69) is 5.32 Å². The van der Waals surface area contributed by atoms with Crippen molar-refractivity contribution in [2.75, 3.05) is 12.4 Å². The van der Waals surface area contributed by atoms with Crippen molar-refractivity contribution in [3.8, 4) is 0 Å². The Kier molecular flexibility index (Phi) is 6.11. The standard InChI is InChI=1S/C17H18Cl2N2O3S/c1-11(2)21(3)25(23,24)14-6-4-5-12(9-14)17(22)20-16-10-13(18)7-8-15(16)19/h4-11H,1-3H3,(H,20,22). The first-order valence-electron chi connectivity index (χ1n) is 7.47. The van der Waals surface area contributed by atoms with E-state index in [1.807, 2.05) is 0 Å². The zero-order valence-corrected chi connectivity index (χ0v) is 16.3. The lowest BCUT2D eigenvalue weighted by Crippen LogP contribution is -2.33. The number of hydrogen-bond donors (Lipinski definition) is 1. The first-order chi connectivity index (χ1) is 11.6. The molecular formula is C17H18Cl2N2O3S. The largest absolute Gasteiger partial charge is 0.321 e. The van der Waals surface area contributed by atoms with Crippen LogP contribution in [0.1, 0.15) is 24.2 Å². The SMILES string of the molecule is CC(C)N(C)S(=O)(=O)c1cccc(C(=O)Nc2cc(Cl)ccc2Cl)c1. The van der Waals surface area contributed by atoms with Crippen LogP contribution in [0.5, 0.6) is 0 Å². The minimum Gasteiger partial charge on any atom is -0.321 e. The predicted molar refractivity (Wildman–Crippen MR) is 101 cm³/mol. The summed E-state index contributed by atoms with van der Waals surface area (Å²) in [5.41, 5.74) is 0.556. The van der Waals surface area contributed by atoms with Gasteiger partial charge in [0.1, 0.15) is 0 Å². The summed E-state index contributed by atoms with van der Waals surface area (Å²) in [6, 6.07) is 10.3. The molecule has 0 aliphatic rings. The Balaban J connectivity index is 2.32. The molecule has 2 aromatic rings. The summed E-state index contributed by atoms with van der Waals surface area (Å²) in [5, 5.41) is 3.39. The second kappa shape index (κ2) is 7.74. The minimum atomic E-state index is -3.68. The third-order valence-corrected chi connectivity index (χ3v) is 6.27. The average Bonchev–Trinajstić information content (AvgIpc) is 2.57. The van der Waals surface area contributed by atoms with Crippen molar-refractivity contribution < 1.29 is 13.2 Å². The Morgan fingerprint density at radius 1 is 1.12 bits per heavy atom. The highest BCUT2D eigenvalue weighted by molar-refractivity contribution is 7.89. The Morgan fingerprint density at radius 3 is 2.44 bits per heavy atom. The fourth-order valence-electron chi connectivity index (χ4n) is 2.03. The number of amides is 1. The molecule has 2 rings (SSSR count). The van der Waals surface area contributed by atoms with E-state index < -0.39 is 15.9 Å². The van der Waals surface area contributed by atoms with Gasteiger partial charge in [-0.3, -0.25) is 4.79 Å². The molecule has 0 aliphatic carbocycles. The van der Waals surface area contributed by atoms with E-state index in [4.69, 9.17) is 23.2 Å². The van der Waals surface area contributed by atoms with E-state index in [-0.39, 0.29) is 16.5 Å². The number of rotatable bonds is 5. The number of carbonyl (C=O) groups excluding carboxylic acids is 1. The van der Waals surface area contributed by atoms with Crippen LogP contribution in [-0.4, -0.2) is 31.7 Å². The third-order valence-electron chi connectivity index (χ3n) is 3.68. The summed E-state index contributed by atoms with van der Waals surface area (Å²) in [4.78, 5) is 12.5. The van der Waals surface area contributed by atoms with E-state index in [0.29, 0.717) is 15.7 Å². The second-order valence-corrected chi connectivity index (χ2v) is 8.56. The van der Waals surface area contributed by atoms with Gasteiger partial charge in [0.2, 0.25) is 10.0 Å². The molecule has 8 heteroatoms. The summed E-state index contributed by atoms with van der Waals surface area (Å²) in [6.07, 6.45) is 0. The topological polar surface area (TPSA) is 66.5 Å². The van der Waals surface area contributed by atoms with Gasteiger partial charge < -0.3 is 5.32 Å². The molecule has 2 aromatic carbocycles. The van der Waals surface area contributed by atoms with Gasteiger partial charge in [-0.15, -0.1) is 0 Å². The van der Waals surface area contributed by atoms with Crippen LogP contribution in [0.4, 0.5) is 5.69 Å². The minimum absolute atomic E-state index is 0.0496. The molecule has 0 aliphatic heterocycles. The Bertz CT molecular complexity index is 899. The first-order valence-corrected chi connectivity index (χ1v) is 9.67. The average molecular weight is 401 g/mol. The molecule has 0 fully saturated rings. The van der Waals surface area contributed by atoms with Crippen LogP contribution in [0.25, 0.3) is 0 Å². The Morgan fingerprint density at radius 2 is 1.80 bits per heavy atom. The van der Waals surface area contributed by atoms with Crippen LogP contribution in [0.2, 0.25) is 10.0 Å². The van der Waals surface area contributed by atoms with Crippen LogP contribution >= 0.6 is 23.2 Å². The molecule has 0 radical (unpaired) electrons. The number of benzene rings is 2.